The van der Waals surface area contributed by atoms with Crippen LogP contribution in [0.5, 0.6) is 0 Å². The highest BCUT2D eigenvalue weighted by molar-refractivity contribution is 6.51. The molecule has 0 aliphatic rings. The zero-order valence-corrected chi connectivity index (χ0v) is 14.2. The molecule has 0 bridgehead atoms. The standard InChI is InChI=1S/C11H14BO.3C2H6/c1-3-4-11(13)9-5-7-10(12-2)8-6-9;3*1-2/h5-8H,3-4H2,1-2H3;3*1-2H3. The minimum atomic E-state index is 0.241. The van der Waals surface area contributed by atoms with Crippen molar-refractivity contribution in [3.63, 3.8) is 0 Å². The summed E-state index contributed by atoms with van der Waals surface area (Å²) in [7, 11) is 2.02. The quantitative estimate of drug-likeness (QED) is 0.544. The molecule has 0 N–H and O–H groups in total. The maximum atomic E-state index is 11.4. The van der Waals surface area contributed by atoms with E-state index in [1.807, 2.05) is 86.8 Å². The molecule has 0 saturated heterocycles. The summed E-state index contributed by atoms with van der Waals surface area (Å²) in [5, 5.41) is 0. The van der Waals surface area contributed by atoms with Gasteiger partial charge in [-0.25, -0.2) is 0 Å². The fraction of sp³-hybridized carbons (Fsp3) is 0.588. The lowest BCUT2D eigenvalue weighted by Gasteiger charge is -2.00. The highest BCUT2D eigenvalue weighted by Gasteiger charge is 2.02. The molecule has 1 radical (unpaired) electrons. The monoisotopic (exact) mass is 263 g/mol. The van der Waals surface area contributed by atoms with Gasteiger partial charge in [0.15, 0.2) is 5.78 Å². The molecule has 109 valence electrons. The molecule has 0 unspecified atom stereocenters. The molecule has 0 spiro atoms. The third-order valence-electron chi connectivity index (χ3n) is 2.04. The summed E-state index contributed by atoms with van der Waals surface area (Å²) < 4.78 is 0. The van der Waals surface area contributed by atoms with Gasteiger partial charge < -0.3 is 0 Å². The number of carbonyl (C=O) groups is 1. The van der Waals surface area contributed by atoms with Crippen LogP contribution in [-0.4, -0.2) is 13.1 Å². The third-order valence-corrected chi connectivity index (χ3v) is 2.04. The molecule has 2 heteroatoms. The fourth-order valence-electron chi connectivity index (χ4n) is 1.23. The van der Waals surface area contributed by atoms with Gasteiger partial charge in [0, 0.05) is 12.0 Å². The van der Waals surface area contributed by atoms with E-state index in [-0.39, 0.29) is 5.78 Å². The molecule has 1 rings (SSSR count). The molecule has 1 aromatic rings. The minimum absolute atomic E-state index is 0.241. The predicted molar refractivity (Wildman–Crippen MR) is 91.0 cm³/mol. The number of ketones is 1. The fourth-order valence-corrected chi connectivity index (χ4v) is 1.23. The molecule has 0 amide bonds. The normalized spacial score (nSPS) is 7.58. The van der Waals surface area contributed by atoms with Gasteiger partial charge >= 0.3 is 0 Å². The van der Waals surface area contributed by atoms with Crippen molar-refractivity contribution in [2.45, 2.75) is 68.1 Å². The molecule has 0 fully saturated rings. The lowest BCUT2D eigenvalue weighted by atomic mass is 9.73. The predicted octanol–water partition coefficient (Wildman–Crippen LogP) is 5.13. The minimum Gasteiger partial charge on any atom is -0.294 e. The largest absolute Gasteiger partial charge is 0.294 e. The highest BCUT2D eigenvalue weighted by atomic mass is 16.1. The molecule has 1 aromatic carbocycles. The van der Waals surface area contributed by atoms with E-state index in [4.69, 9.17) is 0 Å². The van der Waals surface area contributed by atoms with Crippen LogP contribution in [0.15, 0.2) is 24.3 Å². The van der Waals surface area contributed by atoms with Crippen LogP contribution >= 0.6 is 0 Å². The van der Waals surface area contributed by atoms with Crippen molar-refractivity contribution in [2.75, 3.05) is 0 Å². The van der Waals surface area contributed by atoms with Gasteiger partial charge in [-0.15, -0.1) is 0 Å². The van der Waals surface area contributed by atoms with Crippen molar-refractivity contribution in [1.82, 2.24) is 0 Å². The van der Waals surface area contributed by atoms with Crippen molar-refractivity contribution < 1.29 is 4.79 Å². The number of benzene rings is 1. The Labute approximate surface area is 122 Å². The van der Waals surface area contributed by atoms with Crippen LogP contribution in [0, 0.1) is 0 Å². The molecule has 0 heterocycles. The Morgan fingerprint density at radius 2 is 1.37 bits per heavy atom. The summed E-state index contributed by atoms with van der Waals surface area (Å²) >= 11 is 0. The molecule has 0 aromatic heterocycles. The van der Waals surface area contributed by atoms with Gasteiger partial charge in [-0.1, -0.05) is 85.0 Å². The first-order valence-electron chi connectivity index (χ1n) is 7.70. The summed E-state index contributed by atoms with van der Waals surface area (Å²) in [6.07, 6.45) is 1.57. The van der Waals surface area contributed by atoms with Crippen LogP contribution in [0.3, 0.4) is 0 Å². The van der Waals surface area contributed by atoms with E-state index in [1.54, 1.807) is 0 Å². The van der Waals surface area contributed by atoms with Gasteiger partial charge in [0.2, 0.25) is 0 Å². The average Bonchev–Trinajstić information content (AvgIpc) is 2.53. The Bertz CT molecular complexity index is 278. The lowest BCUT2D eigenvalue weighted by molar-refractivity contribution is 0.0982. The smallest absolute Gasteiger partial charge is 0.162 e. The van der Waals surface area contributed by atoms with E-state index in [0.29, 0.717) is 6.42 Å². The van der Waals surface area contributed by atoms with Crippen molar-refractivity contribution in [3.8, 4) is 0 Å². The maximum Gasteiger partial charge on any atom is 0.162 e. The summed E-state index contributed by atoms with van der Waals surface area (Å²) in [6.45, 7) is 16.0. The Morgan fingerprint density at radius 1 is 0.947 bits per heavy atom. The lowest BCUT2D eigenvalue weighted by Crippen LogP contribution is -2.10. The molecule has 0 atom stereocenters. The Kier molecular flexibility index (Phi) is 23.4. The van der Waals surface area contributed by atoms with Crippen molar-refractivity contribution in [1.29, 1.82) is 0 Å². The van der Waals surface area contributed by atoms with Crippen LogP contribution in [0.4, 0.5) is 0 Å². The third kappa shape index (κ3) is 11.8. The van der Waals surface area contributed by atoms with Crippen LogP contribution in [0.1, 0.15) is 71.7 Å². The highest BCUT2D eigenvalue weighted by Crippen LogP contribution is 2.03. The molecule has 0 aliphatic carbocycles. The molecular weight excluding hydrogens is 231 g/mol. The second-order valence-electron chi connectivity index (χ2n) is 3.08. The van der Waals surface area contributed by atoms with Gasteiger partial charge in [-0.3, -0.25) is 4.79 Å². The first kappa shape index (κ1) is 23.1. The number of rotatable bonds is 4. The van der Waals surface area contributed by atoms with E-state index in [2.05, 4.69) is 0 Å². The summed E-state index contributed by atoms with van der Waals surface area (Å²) in [5.41, 5.74) is 1.99. The molecule has 19 heavy (non-hydrogen) atoms. The van der Waals surface area contributed by atoms with E-state index in [9.17, 15) is 4.79 Å². The van der Waals surface area contributed by atoms with E-state index < -0.39 is 0 Å². The van der Waals surface area contributed by atoms with Crippen molar-refractivity contribution in [3.05, 3.63) is 29.8 Å². The van der Waals surface area contributed by atoms with Gasteiger partial charge in [0.25, 0.3) is 0 Å². The Morgan fingerprint density at radius 3 is 1.68 bits per heavy atom. The van der Waals surface area contributed by atoms with E-state index in [1.165, 1.54) is 0 Å². The second-order valence-corrected chi connectivity index (χ2v) is 3.08. The molecule has 1 nitrogen and oxygen atoms in total. The average molecular weight is 263 g/mol. The summed E-state index contributed by atoms with van der Waals surface area (Å²) in [6, 6.07) is 7.74. The van der Waals surface area contributed by atoms with Gasteiger partial charge in [-0.05, 0) is 6.42 Å². The number of carbonyl (C=O) groups excluding carboxylic acids is 1. The Balaban J connectivity index is -0.000000375. The van der Waals surface area contributed by atoms with Gasteiger partial charge in [0.1, 0.15) is 7.28 Å². The maximum absolute atomic E-state index is 11.4. The first-order valence-corrected chi connectivity index (χ1v) is 7.70. The molecule has 0 saturated carbocycles. The SMILES string of the molecule is CC.CC.CC.C[B]c1ccc(C(=O)CCC)cc1. The van der Waals surface area contributed by atoms with Gasteiger partial charge in [0.05, 0.1) is 0 Å². The van der Waals surface area contributed by atoms with Gasteiger partial charge in [-0.2, -0.15) is 0 Å². The molecular formula is C17H32BO. The second kappa shape index (κ2) is 19.3. The number of Topliss-reactive ketones (excluding diaryl/α,β-unsaturated/α-hetero) is 1. The molecule has 0 aliphatic heterocycles. The topological polar surface area (TPSA) is 17.1 Å². The van der Waals surface area contributed by atoms with E-state index >= 15 is 0 Å². The van der Waals surface area contributed by atoms with Crippen molar-refractivity contribution in [2.24, 2.45) is 0 Å². The van der Waals surface area contributed by atoms with Crippen molar-refractivity contribution >= 4 is 18.5 Å². The summed E-state index contributed by atoms with van der Waals surface area (Å²) in [5.74, 6) is 0.241. The Hall–Kier alpha value is -1.05. The zero-order chi connectivity index (χ0) is 15.7. The van der Waals surface area contributed by atoms with Crippen LogP contribution in [0.25, 0.3) is 0 Å². The number of hydrogen-bond acceptors (Lipinski definition) is 1. The number of hydrogen-bond donors (Lipinski definition) is 0. The van der Waals surface area contributed by atoms with E-state index in [0.717, 1.165) is 17.4 Å². The zero-order valence-electron chi connectivity index (χ0n) is 14.2. The summed E-state index contributed by atoms with van der Waals surface area (Å²) in [4.78, 5) is 11.4. The van der Waals surface area contributed by atoms with Crippen LogP contribution in [-0.2, 0) is 0 Å². The van der Waals surface area contributed by atoms with Crippen LogP contribution < -0.4 is 5.46 Å². The first-order chi connectivity index (χ1) is 9.27. The van der Waals surface area contributed by atoms with Crippen LogP contribution in [0.2, 0.25) is 6.82 Å².